The monoisotopic (exact) mass is 352 g/mol. The zero-order chi connectivity index (χ0) is 17.7. The molecule has 0 N–H and O–H groups in total. The molecule has 126 valence electrons. The molecule has 0 radical (unpaired) electrons. The van der Waals surface area contributed by atoms with Crippen LogP contribution in [0, 0.1) is 6.92 Å². The summed E-state index contributed by atoms with van der Waals surface area (Å²) in [6.07, 6.45) is 3.46. The first-order valence-electron chi connectivity index (χ1n) is 8.12. The van der Waals surface area contributed by atoms with Crippen LogP contribution in [0.3, 0.4) is 0 Å². The molecule has 25 heavy (non-hydrogen) atoms. The first kappa shape index (κ1) is 15.8. The molecule has 0 bridgehead atoms. The van der Waals surface area contributed by atoms with E-state index in [2.05, 4.69) is 10.1 Å². The van der Waals surface area contributed by atoms with Gasteiger partial charge in [-0.2, -0.15) is 5.10 Å². The Morgan fingerprint density at radius 1 is 1.12 bits per heavy atom. The van der Waals surface area contributed by atoms with Crippen LogP contribution in [0.2, 0.25) is 5.02 Å². The van der Waals surface area contributed by atoms with Crippen molar-refractivity contribution in [2.45, 2.75) is 26.8 Å². The van der Waals surface area contributed by atoms with Gasteiger partial charge >= 0.3 is 0 Å². The lowest BCUT2D eigenvalue weighted by Crippen LogP contribution is -2.22. The van der Waals surface area contributed by atoms with E-state index in [1.165, 1.54) is 0 Å². The maximum Gasteiger partial charge on any atom is 0.261 e. The van der Waals surface area contributed by atoms with E-state index >= 15 is 0 Å². The Hall–Kier alpha value is -2.66. The van der Waals surface area contributed by atoms with E-state index in [0.29, 0.717) is 10.4 Å². The number of halogens is 1. The Balaban J connectivity index is 2.04. The lowest BCUT2D eigenvalue weighted by atomic mass is 10.1. The smallest absolute Gasteiger partial charge is 0.261 e. The molecule has 0 saturated heterocycles. The second-order valence-corrected chi connectivity index (χ2v) is 6.82. The van der Waals surface area contributed by atoms with Crippen molar-refractivity contribution in [3.8, 4) is 11.1 Å². The molecule has 4 rings (SSSR count). The molecule has 0 aliphatic carbocycles. The van der Waals surface area contributed by atoms with Crippen LogP contribution in [-0.4, -0.2) is 19.2 Å². The molecule has 3 heterocycles. The molecule has 1 aromatic carbocycles. The van der Waals surface area contributed by atoms with Gasteiger partial charge in [0.15, 0.2) is 5.65 Å². The number of benzene rings is 1. The van der Waals surface area contributed by atoms with Crippen LogP contribution >= 0.6 is 11.6 Å². The molecule has 3 aromatic heterocycles. The molecular formula is C19H17ClN4O. The first-order valence-corrected chi connectivity index (χ1v) is 8.50. The number of pyridine rings is 1. The van der Waals surface area contributed by atoms with Crippen molar-refractivity contribution in [2.24, 2.45) is 0 Å². The Morgan fingerprint density at radius 3 is 2.52 bits per heavy atom. The number of fused-ring (bicyclic) bond motifs is 3. The molecule has 0 atom stereocenters. The zero-order valence-corrected chi connectivity index (χ0v) is 14.9. The van der Waals surface area contributed by atoms with E-state index in [0.717, 1.165) is 28.0 Å². The van der Waals surface area contributed by atoms with Crippen molar-refractivity contribution in [3.63, 3.8) is 0 Å². The summed E-state index contributed by atoms with van der Waals surface area (Å²) in [6, 6.07) is 9.62. The predicted octanol–water partition coefficient (Wildman–Crippen LogP) is 4.25. The summed E-state index contributed by atoms with van der Waals surface area (Å²) in [5, 5.41) is 5.88. The summed E-state index contributed by atoms with van der Waals surface area (Å²) in [7, 11) is 0. The molecule has 0 unspecified atom stereocenters. The summed E-state index contributed by atoms with van der Waals surface area (Å²) in [6.45, 7) is 5.91. The van der Waals surface area contributed by atoms with Crippen LogP contribution in [0.25, 0.3) is 27.7 Å². The molecule has 0 saturated carbocycles. The summed E-state index contributed by atoms with van der Waals surface area (Å²) in [5.41, 5.74) is 4.24. The van der Waals surface area contributed by atoms with Gasteiger partial charge in [0.1, 0.15) is 0 Å². The Bertz CT molecular complexity index is 1160. The van der Waals surface area contributed by atoms with Crippen LogP contribution in [0.4, 0.5) is 0 Å². The van der Waals surface area contributed by atoms with E-state index in [9.17, 15) is 4.79 Å². The van der Waals surface area contributed by atoms with E-state index in [4.69, 9.17) is 11.6 Å². The number of hydrogen-bond donors (Lipinski definition) is 0. The lowest BCUT2D eigenvalue weighted by molar-refractivity contribution is 0.582. The average molecular weight is 353 g/mol. The van der Waals surface area contributed by atoms with Crippen LogP contribution in [0.1, 0.15) is 25.6 Å². The van der Waals surface area contributed by atoms with Crippen molar-refractivity contribution in [1.82, 2.24) is 19.2 Å². The quantitative estimate of drug-likeness (QED) is 0.541. The molecule has 5 nitrogen and oxygen atoms in total. The van der Waals surface area contributed by atoms with Crippen molar-refractivity contribution < 1.29 is 0 Å². The zero-order valence-electron chi connectivity index (χ0n) is 14.2. The minimum Gasteiger partial charge on any atom is -0.312 e. The summed E-state index contributed by atoms with van der Waals surface area (Å²) in [4.78, 5) is 17.2. The van der Waals surface area contributed by atoms with Gasteiger partial charge in [0.05, 0.1) is 16.6 Å². The van der Waals surface area contributed by atoms with Gasteiger partial charge in [-0.3, -0.25) is 4.79 Å². The molecule has 0 aliphatic heterocycles. The van der Waals surface area contributed by atoms with E-state index < -0.39 is 0 Å². The van der Waals surface area contributed by atoms with Gasteiger partial charge in [-0.15, -0.1) is 0 Å². The van der Waals surface area contributed by atoms with Crippen LogP contribution in [-0.2, 0) is 0 Å². The molecule has 0 spiro atoms. The molecule has 0 amide bonds. The summed E-state index contributed by atoms with van der Waals surface area (Å²) >= 11 is 5.99. The molecule has 4 aromatic rings. The van der Waals surface area contributed by atoms with Gasteiger partial charge in [0, 0.05) is 29.0 Å². The fourth-order valence-corrected chi connectivity index (χ4v) is 3.28. The highest BCUT2D eigenvalue weighted by Crippen LogP contribution is 2.29. The molecule has 0 aliphatic rings. The molecule has 0 fully saturated rings. The SMILES string of the molecule is Cc1nn2c(ncc3c(=O)n(C(C)C)ccc32)c1-c1ccc(Cl)cc1. The second-order valence-electron chi connectivity index (χ2n) is 6.38. The van der Waals surface area contributed by atoms with Crippen molar-refractivity contribution in [3.05, 3.63) is 63.8 Å². The normalized spacial score (nSPS) is 11.7. The molecular weight excluding hydrogens is 336 g/mol. The maximum atomic E-state index is 12.7. The van der Waals surface area contributed by atoms with Gasteiger partial charge in [0.25, 0.3) is 5.56 Å². The van der Waals surface area contributed by atoms with Crippen molar-refractivity contribution in [2.75, 3.05) is 0 Å². The van der Waals surface area contributed by atoms with Gasteiger partial charge in [-0.05, 0) is 44.5 Å². The van der Waals surface area contributed by atoms with Crippen molar-refractivity contribution in [1.29, 1.82) is 0 Å². The lowest BCUT2D eigenvalue weighted by Gasteiger charge is -2.10. The maximum absolute atomic E-state index is 12.7. The third-order valence-corrected chi connectivity index (χ3v) is 4.66. The fraction of sp³-hybridized carbons (Fsp3) is 0.211. The summed E-state index contributed by atoms with van der Waals surface area (Å²) < 4.78 is 3.45. The van der Waals surface area contributed by atoms with Crippen LogP contribution in [0.5, 0.6) is 0 Å². The van der Waals surface area contributed by atoms with Gasteiger partial charge < -0.3 is 4.57 Å². The second kappa shape index (κ2) is 5.70. The minimum atomic E-state index is -0.0527. The van der Waals surface area contributed by atoms with Crippen molar-refractivity contribution >= 4 is 28.2 Å². The molecule has 6 heteroatoms. The van der Waals surface area contributed by atoms with Gasteiger partial charge in [0.2, 0.25) is 0 Å². The van der Waals surface area contributed by atoms with Gasteiger partial charge in [-0.25, -0.2) is 9.50 Å². The number of hydrogen-bond acceptors (Lipinski definition) is 3. The third kappa shape index (κ3) is 2.43. The highest BCUT2D eigenvalue weighted by molar-refractivity contribution is 6.30. The number of rotatable bonds is 2. The fourth-order valence-electron chi connectivity index (χ4n) is 3.15. The van der Waals surface area contributed by atoms with E-state index in [1.54, 1.807) is 15.3 Å². The Morgan fingerprint density at radius 2 is 1.84 bits per heavy atom. The van der Waals surface area contributed by atoms with Crippen LogP contribution in [0.15, 0.2) is 47.5 Å². The standard InChI is InChI=1S/C19H17ClN4O/c1-11(2)23-9-8-16-15(19(23)25)10-21-18-17(12(3)22-24(16)18)13-4-6-14(20)7-5-13/h4-11H,1-3H3. The Labute approximate surface area is 149 Å². The highest BCUT2D eigenvalue weighted by Gasteiger charge is 2.16. The number of aryl methyl sites for hydroxylation is 1. The van der Waals surface area contributed by atoms with Crippen LogP contribution < -0.4 is 5.56 Å². The minimum absolute atomic E-state index is 0.0527. The number of nitrogens with zero attached hydrogens (tertiary/aromatic N) is 4. The predicted molar refractivity (Wildman–Crippen MR) is 100 cm³/mol. The van der Waals surface area contributed by atoms with Gasteiger partial charge in [-0.1, -0.05) is 23.7 Å². The van der Waals surface area contributed by atoms with E-state index in [1.807, 2.05) is 57.3 Å². The number of aromatic nitrogens is 4. The third-order valence-electron chi connectivity index (χ3n) is 4.40. The highest BCUT2D eigenvalue weighted by atomic mass is 35.5. The Kier molecular flexibility index (Phi) is 3.62. The summed E-state index contributed by atoms with van der Waals surface area (Å²) in [5.74, 6) is 0. The van der Waals surface area contributed by atoms with E-state index in [-0.39, 0.29) is 11.6 Å². The average Bonchev–Trinajstić information content (AvgIpc) is 2.92. The largest absolute Gasteiger partial charge is 0.312 e. The topological polar surface area (TPSA) is 52.2 Å². The first-order chi connectivity index (χ1) is 12.0.